The average molecular weight is 282 g/mol. The highest BCUT2D eigenvalue weighted by Crippen LogP contribution is 2.40. The molecule has 2 fully saturated rings. The van der Waals surface area contributed by atoms with Gasteiger partial charge in [0, 0.05) is 18.0 Å². The summed E-state index contributed by atoms with van der Waals surface area (Å²) in [6, 6.07) is 11.1. The van der Waals surface area contributed by atoms with E-state index in [0.717, 1.165) is 24.0 Å². The van der Waals surface area contributed by atoms with Crippen LogP contribution in [0.25, 0.3) is 10.8 Å². The first-order chi connectivity index (χ1) is 10.4. The lowest BCUT2D eigenvalue weighted by atomic mass is 9.85. The predicted molar refractivity (Wildman–Crippen MR) is 85.4 cm³/mol. The van der Waals surface area contributed by atoms with Crippen molar-refractivity contribution in [3.05, 3.63) is 36.0 Å². The van der Waals surface area contributed by atoms with E-state index in [9.17, 15) is 5.11 Å². The molecule has 1 aliphatic carbocycles. The monoisotopic (exact) mass is 282 g/mol. The minimum atomic E-state index is 0.0137. The molecule has 1 saturated carbocycles. The van der Waals surface area contributed by atoms with Gasteiger partial charge in [-0.25, -0.2) is 4.98 Å². The fourth-order valence-electron chi connectivity index (χ4n) is 4.20. The summed E-state index contributed by atoms with van der Waals surface area (Å²) in [5.41, 5.74) is 0.781. The molecule has 1 N–H and O–H groups in total. The maximum atomic E-state index is 9.52. The van der Waals surface area contributed by atoms with Gasteiger partial charge in [-0.05, 0) is 36.6 Å². The fourth-order valence-corrected chi connectivity index (χ4v) is 4.20. The lowest BCUT2D eigenvalue weighted by molar-refractivity contribution is 0.277. The molecule has 21 heavy (non-hydrogen) atoms. The Balaban J connectivity index is 1.81. The number of aromatic nitrogens is 1. The highest BCUT2D eigenvalue weighted by atomic mass is 16.3. The van der Waals surface area contributed by atoms with Crippen molar-refractivity contribution in [3.63, 3.8) is 0 Å². The van der Waals surface area contributed by atoms with Crippen LogP contribution in [0.2, 0.25) is 0 Å². The van der Waals surface area contributed by atoms with Crippen LogP contribution >= 0.6 is 0 Å². The Morgan fingerprint density at radius 3 is 2.90 bits per heavy atom. The van der Waals surface area contributed by atoms with E-state index in [4.69, 9.17) is 4.98 Å². The van der Waals surface area contributed by atoms with Crippen molar-refractivity contribution in [1.82, 2.24) is 4.98 Å². The predicted octanol–water partition coefficient (Wildman–Crippen LogP) is 3.50. The maximum absolute atomic E-state index is 9.52. The fraction of sp³-hybridized carbons (Fsp3) is 0.500. The van der Waals surface area contributed by atoms with Gasteiger partial charge in [0.2, 0.25) is 0 Å². The van der Waals surface area contributed by atoms with Crippen molar-refractivity contribution in [2.24, 2.45) is 5.92 Å². The van der Waals surface area contributed by atoms with Crippen molar-refractivity contribution < 1.29 is 5.11 Å². The summed E-state index contributed by atoms with van der Waals surface area (Å²) in [6.45, 7) is 1.13. The Hall–Kier alpha value is -1.61. The number of nitrogens with zero attached hydrogens (tertiary/aromatic N) is 2. The Kier molecular flexibility index (Phi) is 3.30. The summed E-state index contributed by atoms with van der Waals surface area (Å²) in [5, 5.41) is 11.9. The van der Waals surface area contributed by atoms with Crippen LogP contribution in [0, 0.1) is 5.92 Å². The van der Waals surface area contributed by atoms with Gasteiger partial charge in [0.1, 0.15) is 5.82 Å². The van der Waals surface area contributed by atoms with Crippen LogP contribution in [0.5, 0.6) is 0 Å². The van der Waals surface area contributed by atoms with Gasteiger partial charge in [-0.3, -0.25) is 0 Å². The summed E-state index contributed by atoms with van der Waals surface area (Å²) in [7, 11) is 0. The third-order valence-electron chi connectivity index (χ3n) is 5.22. The van der Waals surface area contributed by atoms with Gasteiger partial charge in [-0.15, -0.1) is 0 Å². The molecule has 0 spiro atoms. The van der Waals surface area contributed by atoms with E-state index in [-0.39, 0.29) is 6.61 Å². The quantitative estimate of drug-likeness (QED) is 0.916. The molecule has 2 aromatic rings. The maximum Gasteiger partial charge on any atom is 0.137 e. The molecule has 2 heterocycles. The van der Waals surface area contributed by atoms with Crippen molar-refractivity contribution >= 4 is 16.6 Å². The molecule has 1 aromatic carbocycles. The lowest BCUT2D eigenvalue weighted by Crippen LogP contribution is -2.35. The Bertz CT molecular complexity index is 655. The molecule has 1 saturated heterocycles. The highest BCUT2D eigenvalue weighted by Gasteiger charge is 2.36. The summed E-state index contributed by atoms with van der Waals surface area (Å²) in [4.78, 5) is 7.29. The van der Waals surface area contributed by atoms with Crippen molar-refractivity contribution in [2.45, 2.75) is 44.8 Å². The van der Waals surface area contributed by atoms with Crippen LogP contribution in [0.1, 0.15) is 37.8 Å². The van der Waals surface area contributed by atoms with Gasteiger partial charge < -0.3 is 10.0 Å². The van der Waals surface area contributed by atoms with E-state index in [1.165, 1.54) is 42.9 Å². The summed E-state index contributed by atoms with van der Waals surface area (Å²) < 4.78 is 0. The molecule has 4 rings (SSSR count). The second-order valence-corrected chi connectivity index (χ2v) is 6.41. The van der Waals surface area contributed by atoms with E-state index < -0.39 is 0 Å². The van der Waals surface area contributed by atoms with Crippen LogP contribution < -0.4 is 4.90 Å². The van der Waals surface area contributed by atoms with Gasteiger partial charge >= 0.3 is 0 Å². The molecule has 2 atom stereocenters. The molecule has 2 aliphatic rings. The molecular weight excluding hydrogens is 260 g/mol. The topological polar surface area (TPSA) is 36.4 Å². The van der Waals surface area contributed by atoms with Gasteiger partial charge in [0.15, 0.2) is 0 Å². The normalized spacial score (nSPS) is 25.3. The number of pyridine rings is 1. The lowest BCUT2D eigenvalue weighted by Gasteiger charge is -2.33. The summed E-state index contributed by atoms with van der Waals surface area (Å²) in [6.07, 6.45) is 6.70. The van der Waals surface area contributed by atoms with Gasteiger partial charge in [-0.1, -0.05) is 37.1 Å². The Morgan fingerprint density at radius 2 is 2.00 bits per heavy atom. The minimum absolute atomic E-state index is 0.0137. The molecule has 110 valence electrons. The first-order valence-electron chi connectivity index (χ1n) is 8.13. The van der Waals surface area contributed by atoms with Crippen LogP contribution in [0.15, 0.2) is 30.3 Å². The number of benzene rings is 1. The molecule has 0 amide bonds. The van der Waals surface area contributed by atoms with Crippen molar-refractivity contribution in [3.8, 4) is 0 Å². The number of hydrogen-bond donors (Lipinski definition) is 1. The molecule has 3 nitrogen and oxygen atoms in total. The zero-order valence-corrected chi connectivity index (χ0v) is 12.3. The Morgan fingerprint density at radius 1 is 1.14 bits per heavy atom. The highest BCUT2D eigenvalue weighted by molar-refractivity contribution is 5.92. The second-order valence-electron chi connectivity index (χ2n) is 6.41. The van der Waals surface area contributed by atoms with E-state index in [0.29, 0.717) is 6.04 Å². The van der Waals surface area contributed by atoms with Gasteiger partial charge in [0.05, 0.1) is 12.3 Å². The van der Waals surface area contributed by atoms with Crippen LogP contribution in [-0.4, -0.2) is 22.7 Å². The molecule has 3 heteroatoms. The van der Waals surface area contributed by atoms with Crippen LogP contribution in [0.3, 0.4) is 0 Å². The van der Waals surface area contributed by atoms with Crippen molar-refractivity contribution in [1.29, 1.82) is 0 Å². The summed E-state index contributed by atoms with van der Waals surface area (Å²) >= 11 is 0. The molecule has 1 aliphatic heterocycles. The second kappa shape index (κ2) is 5.30. The standard InChI is InChI=1S/C18H22N2O/c21-12-15-11-14-6-1-3-7-16(14)18(19-15)20-10-9-13-5-2-4-8-17(13)20/h1,3,6-7,11,13,17,21H,2,4-5,8-10,12H2. The molecule has 0 bridgehead atoms. The van der Waals surface area contributed by atoms with Gasteiger partial charge in [-0.2, -0.15) is 0 Å². The molecule has 2 unspecified atom stereocenters. The number of aliphatic hydroxyl groups excluding tert-OH is 1. The largest absolute Gasteiger partial charge is 0.390 e. The van der Waals surface area contributed by atoms with Crippen LogP contribution in [-0.2, 0) is 6.61 Å². The SMILES string of the molecule is OCc1cc2ccccc2c(N2CCC3CCCCC32)n1. The first-order valence-corrected chi connectivity index (χ1v) is 8.13. The number of aliphatic hydroxyl groups is 1. The Labute approximate surface area is 125 Å². The smallest absolute Gasteiger partial charge is 0.137 e. The van der Waals surface area contributed by atoms with E-state index in [2.05, 4.69) is 29.2 Å². The number of rotatable bonds is 2. The minimum Gasteiger partial charge on any atom is -0.390 e. The third-order valence-corrected chi connectivity index (χ3v) is 5.22. The van der Waals surface area contributed by atoms with Crippen LogP contribution in [0.4, 0.5) is 5.82 Å². The van der Waals surface area contributed by atoms with E-state index in [1.807, 2.05) is 6.07 Å². The number of hydrogen-bond acceptors (Lipinski definition) is 3. The average Bonchev–Trinajstić information content (AvgIpc) is 2.97. The first kappa shape index (κ1) is 13.1. The molecule has 1 aromatic heterocycles. The van der Waals surface area contributed by atoms with E-state index >= 15 is 0 Å². The summed E-state index contributed by atoms with van der Waals surface area (Å²) in [5.74, 6) is 1.93. The van der Waals surface area contributed by atoms with E-state index in [1.54, 1.807) is 0 Å². The van der Waals surface area contributed by atoms with Crippen molar-refractivity contribution in [2.75, 3.05) is 11.4 Å². The number of anilines is 1. The molecule has 0 radical (unpaired) electrons. The zero-order valence-electron chi connectivity index (χ0n) is 12.3. The number of fused-ring (bicyclic) bond motifs is 2. The zero-order chi connectivity index (χ0) is 14.2. The molecular formula is C18H22N2O. The third kappa shape index (κ3) is 2.20. The van der Waals surface area contributed by atoms with Gasteiger partial charge in [0.25, 0.3) is 0 Å².